The average Bonchev–Trinajstić information content (AvgIpc) is 2.23. The van der Waals surface area contributed by atoms with Gasteiger partial charge in [0.2, 0.25) is 0 Å². The van der Waals surface area contributed by atoms with Crippen LogP contribution in [-0.4, -0.2) is 59.9 Å². The van der Waals surface area contributed by atoms with Crippen molar-refractivity contribution in [1.82, 2.24) is 4.90 Å². The number of carboxylic acid groups (broad SMARTS) is 2. The Morgan fingerprint density at radius 2 is 2.00 bits per heavy atom. The average molecular weight is 247 g/mol. The highest BCUT2D eigenvalue weighted by atomic mass is 16.5. The number of aliphatic carboxylic acids is 2. The van der Waals surface area contributed by atoms with E-state index in [1.54, 1.807) is 11.8 Å². The molecular formula is C11H21NO5. The molecule has 1 atom stereocenters. The first-order valence-corrected chi connectivity index (χ1v) is 5.72. The minimum absolute atomic E-state index is 0.135. The molecule has 0 aromatic heterocycles. The van der Waals surface area contributed by atoms with Crippen molar-refractivity contribution in [3.05, 3.63) is 0 Å². The van der Waals surface area contributed by atoms with Crippen LogP contribution in [0.1, 0.15) is 20.3 Å². The minimum Gasteiger partial charge on any atom is -0.481 e. The van der Waals surface area contributed by atoms with Crippen LogP contribution in [0, 0.1) is 5.92 Å². The van der Waals surface area contributed by atoms with E-state index < -0.39 is 17.9 Å². The van der Waals surface area contributed by atoms with Gasteiger partial charge in [0.15, 0.2) is 0 Å². The number of carbonyl (C=O) groups is 2. The molecule has 0 radical (unpaired) electrons. The molecule has 0 amide bonds. The van der Waals surface area contributed by atoms with Crippen LogP contribution >= 0.6 is 0 Å². The van der Waals surface area contributed by atoms with E-state index in [1.165, 1.54) is 0 Å². The normalized spacial score (nSPS) is 12.6. The minimum atomic E-state index is -0.945. The standard InChI is InChI=1S/C11H21NO5/c1-3-17-6-4-5-12(8-10(13)14)7-9(2)11(15)16/h9H,3-8H2,1-2H3,(H,13,14)(H,15,16). The Balaban J connectivity index is 4.04. The van der Waals surface area contributed by atoms with Gasteiger partial charge in [-0.2, -0.15) is 0 Å². The molecule has 0 aliphatic carbocycles. The van der Waals surface area contributed by atoms with E-state index in [4.69, 9.17) is 14.9 Å². The highest BCUT2D eigenvalue weighted by Gasteiger charge is 2.17. The molecule has 1 unspecified atom stereocenters. The fourth-order valence-electron chi connectivity index (χ4n) is 1.43. The van der Waals surface area contributed by atoms with Crippen molar-refractivity contribution in [3.63, 3.8) is 0 Å². The Hall–Kier alpha value is -1.14. The lowest BCUT2D eigenvalue weighted by atomic mass is 10.1. The van der Waals surface area contributed by atoms with Gasteiger partial charge in [0.1, 0.15) is 0 Å². The van der Waals surface area contributed by atoms with Gasteiger partial charge in [-0.05, 0) is 13.3 Å². The van der Waals surface area contributed by atoms with E-state index in [1.807, 2.05) is 6.92 Å². The quantitative estimate of drug-likeness (QED) is 0.547. The van der Waals surface area contributed by atoms with Crippen LogP contribution in [-0.2, 0) is 14.3 Å². The van der Waals surface area contributed by atoms with Gasteiger partial charge < -0.3 is 14.9 Å². The van der Waals surface area contributed by atoms with Crippen molar-refractivity contribution < 1.29 is 24.5 Å². The third-order valence-electron chi connectivity index (χ3n) is 2.28. The predicted octanol–water partition coefficient (Wildman–Crippen LogP) is 0.520. The molecule has 6 heteroatoms. The molecule has 100 valence electrons. The SMILES string of the molecule is CCOCCCN(CC(=O)O)CC(C)C(=O)O. The number of ether oxygens (including phenoxy) is 1. The second-order valence-electron chi connectivity index (χ2n) is 3.92. The van der Waals surface area contributed by atoms with Gasteiger partial charge in [-0.15, -0.1) is 0 Å². The topological polar surface area (TPSA) is 87.1 Å². The highest BCUT2D eigenvalue weighted by molar-refractivity contribution is 5.70. The van der Waals surface area contributed by atoms with Crippen LogP contribution in [0.25, 0.3) is 0 Å². The third kappa shape index (κ3) is 8.65. The first-order valence-electron chi connectivity index (χ1n) is 5.72. The summed E-state index contributed by atoms with van der Waals surface area (Å²) in [6.07, 6.45) is 0.702. The summed E-state index contributed by atoms with van der Waals surface area (Å²) in [6, 6.07) is 0. The molecule has 0 aromatic rings. The zero-order valence-electron chi connectivity index (χ0n) is 10.4. The molecule has 0 fully saturated rings. The van der Waals surface area contributed by atoms with Crippen molar-refractivity contribution in [2.75, 3.05) is 32.8 Å². The Morgan fingerprint density at radius 3 is 2.47 bits per heavy atom. The summed E-state index contributed by atoms with van der Waals surface area (Å²) in [6.45, 7) is 5.29. The zero-order chi connectivity index (χ0) is 13.3. The third-order valence-corrected chi connectivity index (χ3v) is 2.28. The number of nitrogens with zero attached hydrogens (tertiary/aromatic N) is 1. The summed E-state index contributed by atoms with van der Waals surface area (Å²) in [7, 11) is 0. The first kappa shape index (κ1) is 15.9. The van der Waals surface area contributed by atoms with Crippen LogP contribution in [0.2, 0.25) is 0 Å². The predicted molar refractivity (Wildman–Crippen MR) is 62.0 cm³/mol. The maximum absolute atomic E-state index is 10.7. The zero-order valence-corrected chi connectivity index (χ0v) is 10.4. The molecule has 0 saturated heterocycles. The van der Waals surface area contributed by atoms with E-state index in [0.29, 0.717) is 26.2 Å². The molecule has 6 nitrogen and oxygen atoms in total. The molecule has 0 aliphatic heterocycles. The monoisotopic (exact) mass is 247 g/mol. The van der Waals surface area contributed by atoms with E-state index in [0.717, 1.165) is 0 Å². The summed E-state index contributed by atoms with van der Waals surface area (Å²) < 4.78 is 5.15. The molecule has 17 heavy (non-hydrogen) atoms. The van der Waals surface area contributed by atoms with Gasteiger partial charge in [0.05, 0.1) is 12.5 Å². The van der Waals surface area contributed by atoms with Gasteiger partial charge in [0, 0.05) is 26.3 Å². The molecule has 0 aromatic carbocycles. The molecule has 0 bridgehead atoms. The Labute approximate surface area is 101 Å². The maximum atomic E-state index is 10.7. The van der Waals surface area contributed by atoms with Gasteiger partial charge in [0.25, 0.3) is 0 Å². The summed E-state index contributed by atoms with van der Waals surface area (Å²) in [5.74, 6) is -2.43. The van der Waals surface area contributed by atoms with E-state index >= 15 is 0 Å². The van der Waals surface area contributed by atoms with Crippen molar-refractivity contribution in [2.45, 2.75) is 20.3 Å². The highest BCUT2D eigenvalue weighted by Crippen LogP contribution is 2.01. The summed E-state index contributed by atoms with van der Waals surface area (Å²) in [5.41, 5.74) is 0. The lowest BCUT2D eigenvalue weighted by molar-refractivity contribution is -0.144. The van der Waals surface area contributed by atoms with Crippen LogP contribution in [0.3, 0.4) is 0 Å². The molecule has 0 heterocycles. The molecule has 0 rings (SSSR count). The van der Waals surface area contributed by atoms with Gasteiger partial charge >= 0.3 is 11.9 Å². The van der Waals surface area contributed by atoms with Crippen LogP contribution in [0.5, 0.6) is 0 Å². The second-order valence-corrected chi connectivity index (χ2v) is 3.92. The van der Waals surface area contributed by atoms with Gasteiger partial charge in [-0.3, -0.25) is 14.5 Å². The van der Waals surface area contributed by atoms with Gasteiger partial charge in [-0.1, -0.05) is 6.92 Å². The van der Waals surface area contributed by atoms with Crippen molar-refractivity contribution >= 4 is 11.9 Å². The van der Waals surface area contributed by atoms with Crippen molar-refractivity contribution in [2.24, 2.45) is 5.92 Å². The summed E-state index contributed by atoms with van der Waals surface area (Å²) in [5, 5.41) is 17.5. The van der Waals surface area contributed by atoms with Crippen molar-refractivity contribution in [3.8, 4) is 0 Å². The second kappa shape index (κ2) is 8.95. The lowest BCUT2D eigenvalue weighted by Gasteiger charge is -2.22. The fraction of sp³-hybridized carbons (Fsp3) is 0.818. The first-order chi connectivity index (χ1) is 7.97. The molecule has 0 spiro atoms. The number of hydrogen-bond donors (Lipinski definition) is 2. The maximum Gasteiger partial charge on any atom is 0.317 e. The smallest absolute Gasteiger partial charge is 0.317 e. The van der Waals surface area contributed by atoms with E-state index in [-0.39, 0.29) is 13.1 Å². The summed E-state index contributed by atoms with van der Waals surface area (Å²) in [4.78, 5) is 23.0. The fourth-order valence-corrected chi connectivity index (χ4v) is 1.43. The number of hydrogen-bond acceptors (Lipinski definition) is 4. The number of rotatable bonds is 10. The summed E-state index contributed by atoms with van der Waals surface area (Å²) >= 11 is 0. The van der Waals surface area contributed by atoms with E-state index in [2.05, 4.69) is 0 Å². The van der Waals surface area contributed by atoms with Crippen LogP contribution in [0.4, 0.5) is 0 Å². The molecule has 2 N–H and O–H groups in total. The Bertz CT molecular complexity index is 244. The van der Waals surface area contributed by atoms with Crippen molar-refractivity contribution in [1.29, 1.82) is 0 Å². The lowest BCUT2D eigenvalue weighted by Crippen LogP contribution is -2.36. The molecule has 0 saturated carbocycles. The Morgan fingerprint density at radius 1 is 1.35 bits per heavy atom. The largest absolute Gasteiger partial charge is 0.481 e. The van der Waals surface area contributed by atoms with Crippen LogP contribution in [0.15, 0.2) is 0 Å². The van der Waals surface area contributed by atoms with Gasteiger partial charge in [-0.25, -0.2) is 0 Å². The Kier molecular flexibility index (Phi) is 8.35. The number of carboxylic acids is 2. The van der Waals surface area contributed by atoms with E-state index in [9.17, 15) is 9.59 Å². The van der Waals surface area contributed by atoms with Crippen LogP contribution < -0.4 is 0 Å². The molecular weight excluding hydrogens is 226 g/mol. The molecule has 0 aliphatic rings.